The largest absolute Gasteiger partial charge is 0.462 e. The second-order valence-corrected chi connectivity index (χ2v) is 16.6. The quantitative estimate of drug-likeness (QED) is 0.0247. The molecule has 0 aliphatic rings. The summed E-state index contributed by atoms with van der Waals surface area (Å²) in [7, 11) is 0. The van der Waals surface area contributed by atoms with Crippen molar-refractivity contribution in [3.8, 4) is 0 Å². The number of nitrogens with one attached hydrogen (secondary N) is 1. The van der Waals surface area contributed by atoms with Crippen LogP contribution in [0.1, 0.15) is 233 Å². The number of hydrogen-bond donors (Lipinski definition) is 3. The summed E-state index contributed by atoms with van der Waals surface area (Å²) in [4.78, 5) is 26.0. The molecule has 3 atom stereocenters. The molecule has 0 saturated heterocycles. The zero-order valence-electron chi connectivity index (χ0n) is 38.2. The molecule has 0 radical (unpaired) electrons. The maximum absolute atomic E-state index is 13.1. The number of esters is 1. The van der Waals surface area contributed by atoms with Crippen molar-refractivity contribution >= 4 is 11.9 Å². The zero-order valence-corrected chi connectivity index (χ0v) is 38.2. The molecule has 336 valence electrons. The van der Waals surface area contributed by atoms with E-state index >= 15 is 0 Å². The molecule has 0 aliphatic carbocycles. The Morgan fingerprint density at radius 1 is 0.517 bits per heavy atom. The number of aliphatic hydroxyl groups is 2. The van der Waals surface area contributed by atoms with E-state index in [-0.39, 0.29) is 24.9 Å². The minimum absolute atomic E-state index is 0.0299. The zero-order chi connectivity index (χ0) is 42.4. The van der Waals surface area contributed by atoms with E-state index in [0.717, 1.165) is 57.8 Å². The van der Waals surface area contributed by atoms with Crippen LogP contribution in [0.2, 0.25) is 0 Å². The molecule has 0 aromatic rings. The van der Waals surface area contributed by atoms with Crippen LogP contribution in [0, 0.1) is 0 Å². The van der Waals surface area contributed by atoms with Crippen LogP contribution in [0.3, 0.4) is 0 Å². The number of hydrogen-bond acceptors (Lipinski definition) is 5. The van der Waals surface area contributed by atoms with Crippen molar-refractivity contribution in [1.29, 1.82) is 0 Å². The Morgan fingerprint density at radius 3 is 1.48 bits per heavy atom. The van der Waals surface area contributed by atoms with Crippen molar-refractivity contribution in [1.82, 2.24) is 5.32 Å². The highest BCUT2D eigenvalue weighted by atomic mass is 16.5. The molecule has 0 aliphatic heterocycles. The highest BCUT2D eigenvalue weighted by Crippen LogP contribution is 2.17. The second-order valence-electron chi connectivity index (χ2n) is 16.6. The van der Waals surface area contributed by atoms with Gasteiger partial charge in [0.2, 0.25) is 5.91 Å². The molecule has 0 spiro atoms. The summed E-state index contributed by atoms with van der Waals surface area (Å²) in [6.45, 7) is 6.29. The highest BCUT2D eigenvalue weighted by Gasteiger charge is 2.24. The number of amides is 1. The number of rotatable bonds is 43. The van der Waals surface area contributed by atoms with E-state index in [0.29, 0.717) is 19.3 Å². The number of allylic oxidation sites excluding steroid dienone is 10. The van der Waals surface area contributed by atoms with E-state index in [1.807, 2.05) is 36.5 Å². The summed E-state index contributed by atoms with van der Waals surface area (Å²) in [5.41, 5.74) is 0. The lowest BCUT2D eigenvalue weighted by molar-refractivity contribution is -0.151. The molecule has 3 N–H and O–H groups in total. The maximum atomic E-state index is 13.1. The van der Waals surface area contributed by atoms with Gasteiger partial charge in [-0.05, 0) is 64.2 Å². The molecule has 6 nitrogen and oxygen atoms in total. The molecular weight excluding hydrogens is 719 g/mol. The van der Waals surface area contributed by atoms with Gasteiger partial charge in [0.15, 0.2) is 0 Å². The van der Waals surface area contributed by atoms with E-state index in [2.05, 4.69) is 50.4 Å². The van der Waals surface area contributed by atoms with Gasteiger partial charge in [0.05, 0.1) is 25.2 Å². The normalized spacial score (nSPS) is 13.8. The fourth-order valence-electron chi connectivity index (χ4n) is 7.21. The fraction of sp³-hybridized carbons (Fsp3) is 0.769. The first-order chi connectivity index (χ1) is 28.5. The predicted molar refractivity (Wildman–Crippen MR) is 250 cm³/mol. The lowest BCUT2D eigenvalue weighted by Crippen LogP contribution is -2.46. The average molecular weight is 812 g/mol. The summed E-state index contributed by atoms with van der Waals surface area (Å²) >= 11 is 0. The van der Waals surface area contributed by atoms with Crippen LogP contribution >= 0.6 is 0 Å². The van der Waals surface area contributed by atoms with Crippen LogP contribution in [-0.2, 0) is 14.3 Å². The van der Waals surface area contributed by atoms with E-state index in [9.17, 15) is 19.8 Å². The highest BCUT2D eigenvalue weighted by molar-refractivity contribution is 5.77. The Morgan fingerprint density at radius 2 is 0.966 bits per heavy atom. The van der Waals surface area contributed by atoms with E-state index < -0.39 is 18.2 Å². The monoisotopic (exact) mass is 812 g/mol. The Balaban J connectivity index is 4.54. The molecule has 1 amide bonds. The molecule has 0 aromatic heterocycles. The number of unbranched alkanes of at least 4 members (excludes halogenated alkanes) is 24. The molecule has 6 heteroatoms. The van der Waals surface area contributed by atoms with E-state index in [1.54, 1.807) is 0 Å². The molecule has 0 saturated carbocycles. The summed E-state index contributed by atoms with van der Waals surface area (Å²) in [6.07, 6.45) is 55.9. The third kappa shape index (κ3) is 40.3. The Kier molecular flexibility index (Phi) is 43.7. The molecule has 0 heterocycles. The lowest BCUT2D eigenvalue weighted by Gasteiger charge is -2.24. The van der Waals surface area contributed by atoms with Crippen molar-refractivity contribution < 1.29 is 24.5 Å². The van der Waals surface area contributed by atoms with Crippen LogP contribution in [-0.4, -0.2) is 46.9 Å². The van der Waals surface area contributed by atoms with Crippen molar-refractivity contribution in [2.45, 2.75) is 251 Å². The molecule has 0 bridgehead atoms. The molecular formula is C52H93NO5. The Labute approximate surface area is 358 Å². The predicted octanol–water partition coefficient (Wildman–Crippen LogP) is 14.5. The van der Waals surface area contributed by atoms with Gasteiger partial charge in [0.25, 0.3) is 0 Å². The van der Waals surface area contributed by atoms with Crippen LogP contribution < -0.4 is 5.32 Å². The molecule has 0 aromatic carbocycles. The van der Waals surface area contributed by atoms with Gasteiger partial charge in [0.1, 0.15) is 6.10 Å². The van der Waals surface area contributed by atoms with Crippen LogP contribution in [0.25, 0.3) is 0 Å². The van der Waals surface area contributed by atoms with Gasteiger partial charge >= 0.3 is 5.97 Å². The number of carbonyl (C=O) groups excluding carboxylic acids is 2. The fourth-order valence-corrected chi connectivity index (χ4v) is 7.21. The van der Waals surface area contributed by atoms with Crippen molar-refractivity contribution in [2.24, 2.45) is 0 Å². The summed E-state index contributed by atoms with van der Waals surface area (Å²) in [5.74, 6) is -0.546. The van der Waals surface area contributed by atoms with Crippen LogP contribution in [0.15, 0.2) is 60.8 Å². The molecule has 0 rings (SSSR count). The molecule has 0 fully saturated rings. The SMILES string of the molecule is CC/C=C/C=C/C=C\C=C/CCCC(CC(=O)NC(CO)C(O)CCCCCCCCCCC)OC(=O)CCCCCCCCCCC/C=C/CCCCCCCC. The molecule has 3 unspecified atom stereocenters. The van der Waals surface area contributed by atoms with Crippen LogP contribution in [0.4, 0.5) is 0 Å². The van der Waals surface area contributed by atoms with E-state index in [1.165, 1.54) is 128 Å². The topological polar surface area (TPSA) is 95.9 Å². The average Bonchev–Trinajstić information content (AvgIpc) is 3.22. The smallest absolute Gasteiger partial charge is 0.306 e. The third-order valence-electron chi connectivity index (χ3n) is 10.9. The Hall–Kier alpha value is -2.44. The van der Waals surface area contributed by atoms with Gasteiger partial charge in [-0.15, -0.1) is 0 Å². The number of carbonyl (C=O) groups is 2. The lowest BCUT2D eigenvalue weighted by atomic mass is 10.0. The van der Waals surface area contributed by atoms with Gasteiger partial charge in [-0.2, -0.15) is 0 Å². The first-order valence-electron chi connectivity index (χ1n) is 24.6. The first kappa shape index (κ1) is 55.6. The van der Waals surface area contributed by atoms with Crippen molar-refractivity contribution in [2.75, 3.05) is 6.61 Å². The van der Waals surface area contributed by atoms with Gasteiger partial charge in [0, 0.05) is 6.42 Å². The minimum atomic E-state index is -0.804. The third-order valence-corrected chi connectivity index (χ3v) is 10.9. The van der Waals surface area contributed by atoms with E-state index in [4.69, 9.17) is 4.74 Å². The number of aliphatic hydroxyl groups excluding tert-OH is 2. The number of ether oxygens (including phenoxy) is 1. The van der Waals surface area contributed by atoms with Crippen molar-refractivity contribution in [3.63, 3.8) is 0 Å². The summed E-state index contributed by atoms with van der Waals surface area (Å²) in [5, 5.41) is 23.6. The van der Waals surface area contributed by atoms with Crippen molar-refractivity contribution in [3.05, 3.63) is 60.8 Å². The van der Waals surface area contributed by atoms with Gasteiger partial charge in [-0.1, -0.05) is 216 Å². The van der Waals surface area contributed by atoms with Gasteiger partial charge in [-0.3, -0.25) is 9.59 Å². The maximum Gasteiger partial charge on any atom is 0.306 e. The summed E-state index contributed by atoms with van der Waals surface area (Å²) in [6, 6.07) is -0.721. The van der Waals surface area contributed by atoms with Gasteiger partial charge in [-0.25, -0.2) is 0 Å². The van der Waals surface area contributed by atoms with Crippen LogP contribution in [0.5, 0.6) is 0 Å². The minimum Gasteiger partial charge on any atom is -0.462 e. The second kappa shape index (κ2) is 45.6. The first-order valence-corrected chi connectivity index (χ1v) is 24.6. The Bertz CT molecular complexity index is 1050. The standard InChI is InChI=1S/C52H93NO5/c1-4-7-10-13-16-19-21-22-23-24-25-26-27-28-30-33-36-39-42-45-52(57)58-48(43-40-37-34-32-29-20-17-14-11-8-5-2)46-51(56)53-49(47-54)50(55)44-41-38-35-31-18-15-12-9-6-3/h8,11,14,17,20,22-23,29,32,34,48-50,54-55H,4-7,9-10,12-13,15-16,18-19,21,24-28,30-31,33,35-47H2,1-3H3,(H,53,56)/b11-8+,17-14+,23-22+,29-20-,34-32-. The van der Waals surface area contributed by atoms with Gasteiger partial charge < -0.3 is 20.3 Å². The molecule has 58 heavy (non-hydrogen) atoms. The summed E-state index contributed by atoms with van der Waals surface area (Å²) < 4.78 is 5.88.